The molecule has 0 aromatic heterocycles. The van der Waals surface area contributed by atoms with Gasteiger partial charge in [0.05, 0.1) is 18.6 Å². The van der Waals surface area contributed by atoms with E-state index in [2.05, 4.69) is 0 Å². The number of ether oxygens (including phenoxy) is 3. The lowest BCUT2D eigenvalue weighted by atomic mass is 10.1. The van der Waals surface area contributed by atoms with Crippen LogP contribution >= 0.6 is 0 Å². The van der Waals surface area contributed by atoms with Crippen LogP contribution in [-0.2, 0) is 14.2 Å². The van der Waals surface area contributed by atoms with E-state index in [1.54, 1.807) is 6.08 Å². The molecule has 0 aromatic carbocycles. The Balaban J connectivity index is 2.16. The van der Waals surface area contributed by atoms with Crippen molar-refractivity contribution in [3.63, 3.8) is 0 Å². The minimum atomic E-state index is -0.609. The molecule has 0 saturated carbocycles. The van der Waals surface area contributed by atoms with Crippen LogP contribution < -0.4 is 0 Å². The highest BCUT2D eigenvalue weighted by molar-refractivity contribution is 5.97. The van der Waals surface area contributed by atoms with E-state index in [9.17, 15) is 0 Å². The molecule has 4 nitrogen and oxygen atoms in total. The van der Waals surface area contributed by atoms with Crippen molar-refractivity contribution >= 4 is 5.71 Å². The Kier molecular flexibility index (Phi) is 1.89. The van der Waals surface area contributed by atoms with Crippen LogP contribution in [-0.4, -0.2) is 30.3 Å². The molecule has 0 spiro atoms. The molecule has 0 aliphatic carbocycles. The smallest absolute Gasteiger partial charge is 0.164 e. The van der Waals surface area contributed by atoms with Gasteiger partial charge in [0.15, 0.2) is 11.9 Å². The van der Waals surface area contributed by atoms with Gasteiger partial charge in [0.2, 0.25) is 0 Å². The molecule has 2 atom stereocenters. The van der Waals surface area contributed by atoms with Crippen LogP contribution in [0.1, 0.15) is 13.8 Å². The average molecular weight is 183 g/mol. The van der Waals surface area contributed by atoms with Crippen molar-refractivity contribution < 1.29 is 14.2 Å². The molecule has 0 unspecified atom stereocenters. The largest absolute Gasteiger partial charge is 0.492 e. The molecule has 0 amide bonds. The maximum absolute atomic E-state index is 7.64. The predicted molar refractivity (Wildman–Crippen MR) is 46.6 cm³/mol. The number of hydrogen-bond donors (Lipinski definition) is 1. The van der Waals surface area contributed by atoms with Gasteiger partial charge in [-0.3, -0.25) is 0 Å². The van der Waals surface area contributed by atoms with E-state index < -0.39 is 5.79 Å². The normalized spacial score (nSPS) is 36.6. The summed E-state index contributed by atoms with van der Waals surface area (Å²) in [4.78, 5) is 0. The van der Waals surface area contributed by atoms with Crippen LogP contribution in [0.4, 0.5) is 0 Å². The van der Waals surface area contributed by atoms with Gasteiger partial charge in [-0.2, -0.15) is 0 Å². The summed E-state index contributed by atoms with van der Waals surface area (Å²) < 4.78 is 16.2. The van der Waals surface area contributed by atoms with Crippen LogP contribution in [0.5, 0.6) is 0 Å². The SMILES string of the molecule is CC1(C)OC[C@H]2OC=CC(=N)[C@@H]2O1. The highest BCUT2D eigenvalue weighted by atomic mass is 16.7. The summed E-state index contributed by atoms with van der Waals surface area (Å²) in [6.45, 7) is 4.16. The third-order valence-electron chi connectivity index (χ3n) is 2.15. The second-order valence-corrected chi connectivity index (χ2v) is 3.68. The molecule has 72 valence electrons. The molecular formula is C9H13NO3. The Hall–Kier alpha value is -0.870. The van der Waals surface area contributed by atoms with Crippen molar-refractivity contribution in [3.05, 3.63) is 12.3 Å². The van der Waals surface area contributed by atoms with E-state index in [1.165, 1.54) is 6.26 Å². The van der Waals surface area contributed by atoms with E-state index in [-0.39, 0.29) is 12.2 Å². The van der Waals surface area contributed by atoms with E-state index in [0.717, 1.165) is 0 Å². The first-order valence-electron chi connectivity index (χ1n) is 4.31. The lowest BCUT2D eigenvalue weighted by Gasteiger charge is -2.41. The first-order chi connectivity index (χ1) is 6.08. The van der Waals surface area contributed by atoms with Crippen molar-refractivity contribution in [2.75, 3.05) is 6.61 Å². The zero-order valence-electron chi connectivity index (χ0n) is 7.74. The summed E-state index contributed by atoms with van der Waals surface area (Å²) in [6.07, 6.45) is 2.69. The van der Waals surface area contributed by atoms with Crippen molar-refractivity contribution in [2.24, 2.45) is 0 Å². The monoisotopic (exact) mass is 183 g/mol. The fraction of sp³-hybridized carbons (Fsp3) is 0.667. The zero-order valence-corrected chi connectivity index (χ0v) is 7.74. The number of rotatable bonds is 0. The van der Waals surface area contributed by atoms with Gasteiger partial charge in [-0.25, -0.2) is 0 Å². The standard InChI is InChI=1S/C9H13NO3/c1-9(2)12-5-7-8(13-9)6(10)3-4-11-7/h3-4,7-8,10H,5H2,1-2H3/t7-,8+/m1/s1. The summed E-state index contributed by atoms with van der Waals surface area (Å²) in [5.41, 5.74) is 0.452. The quantitative estimate of drug-likeness (QED) is 0.611. The van der Waals surface area contributed by atoms with Gasteiger partial charge in [0.1, 0.15) is 6.10 Å². The first-order valence-corrected chi connectivity index (χ1v) is 4.31. The number of nitrogens with one attached hydrogen (secondary N) is 1. The van der Waals surface area contributed by atoms with Gasteiger partial charge in [-0.1, -0.05) is 0 Å². The average Bonchev–Trinajstić information content (AvgIpc) is 2.06. The topological polar surface area (TPSA) is 51.5 Å². The van der Waals surface area contributed by atoms with E-state index in [4.69, 9.17) is 19.6 Å². The highest BCUT2D eigenvalue weighted by Crippen LogP contribution is 2.26. The van der Waals surface area contributed by atoms with Crippen molar-refractivity contribution in [3.8, 4) is 0 Å². The molecule has 4 heteroatoms. The summed E-state index contributed by atoms with van der Waals surface area (Å²) in [5, 5.41) is 7.64. The lowest BCUT2D eigenvalue weighted by molar-refractivity contribution is -0.289. The summed E-state index contributed by atoms with van der Waals surface area (Å²) >= 11 is 0. The predicted octanol–water partition coefficient (Wildman–Crippen LogP) is 1.07. The van der Waals surface area contributed by atoms with Gasteiger partial charge < -0.3 is 19.6 Å². The van der Waals surface area contributed by atoms with Crippen LogP contribution in [0, 0.1) is 5.41 Å². The molecule has 2 aliphatic rings. The minimum Gasteiger partial charge on any atom is -0.492 e. The molecule has 2 rings (SSSR count). The summed E-state index contributed by atoms with van der Waals surface area (Å²) in [7, 11) is 0. The second kappa shape index (κ2) is 2.82. The van der Waals surface area contributed by atoms with Gasteiger partial charge >= 0.3 is 0 Å². The van der Waals surface area contributed by atoms with Crippen LogP contribution in [0.3, 0.4) is 0 Å². The van der Waals surface area contributed by atoms with Gasteiger partial charge in [0, 0.05) is 0 Å². The van der Waals surface area contributed by atoms with Crippen LogP contribution in [0.25, 0.3) is 0 Å². The summed E-state index contributed by atoms with van der Waals surface area (Å²) in [6, 6.07) is 0. The fourth-order valence-electron chi connectivity index (χ4n) is 1.47. The lowest BCUT2D eigenvalue weighted by Crippen LogP contribution is -2.53. The van der Waals surface area contributed by atoms with Crippen LogP contribution in [0.2, 0.25) is 0 Å². The molecule has 1 fully saturated rings. The molecule has 1 N–H and O–H groups in total. The Bertz CT molecular complexity index is 260. The maximum Gasteiger partial charge on any atom is 0.164 e. The Labute approximate surface area is 77.0 Å². The molecule has 13 heavy (non-hydrogen) atoms. The highest BCUT2D eigenvalue weighted by Gasteiger charge is 2.40. The molecule has 2 heterocycles. The second-order valence-electron chi connectivity index (χ2n) is 3.68. The van der Waals surface area contributed by atoms with E-state index >= 15 is 0 Å². The summed E-state index contributed by atoms with van der Waals surface area (Å²) in [5.74, 6) is -0.609. The van der Waals surface area contributed by atoms with E-state index in [1.807, 2.05) is 13.8 Å². The Morgan fingerprint density at radius 2 is 2.31 bits per heavy atom. The van der Waals surface area contributed by atoms with Gasteiger partial charge in [0.25, 0.3) is 0 Å². The minimum absolute atomic E-state index is 0.162. The number of fused-ring (bicyclic) bond motifs is 1. The fourth-order valence-corrected chi connectivity index (χ4v) is 1.47. The maximum atomic E-state index is 7.64. The zero-order chi connectivity index (χ0) is 9.47. The molecule has 0 radical (unpaired) electrons. The Morgan fingerprint density at radius 3 is 3.08 bits per heavy atom. The van der Waals surface area contributed by atoms with Crippen LogP contribution in [0.15, 0.2) is 12.3 Å². The molecule has 0 bridgehead atoms. The van der Waals surface area contributed by atoms with E-state index in [0.29, 0.717) is 12.3 Å². The van der Waals surface area contributed by atoms with Gasteiger partial charge in [-0.05, 0) is 19.9 Å². The molecular weight excluding hydrogens is 170 g/mol. The number of hydrogen-bond acceptors (Lipinski definition) is 4. The third-order valence-corrected chi connectivity index (χ3v) is 2.15. The van der Waals surface area contributed by atoms with Crippen molar-refractivity contribution in [1.29, 1.82) is 5.41 Å². The molecule has 1 saturated heterocycles. The third kappa shape index (κ3) is 1.59. The van der Waals surface area contributed by atoms with Gasteiger partial charge in [-0.15, -0.1) is 0 Å². The first kappa shape index (κ1) is 8.72. The van der Waals surface area contributed by atoms with Crippen molar-refractivity contribution in [1.82, 2.24) is 0 Å². The van der Waals surface area contributed by atoms with Crippen molar-refractivity contribution in [2.45, 2.75) is 31.8 Å². The molecule has 0 aromatic rings. The Morgan fingerprint density at radius 1 is 1.54 bits per heavy atom. The molecule has 2 aliphatic heterocycles.